The van der Waals surface area contributed by atoms with Crippen LogP contribution in [0.3, 0.4) is 0 Å². The third-order valence-electron chi connectivity index (χ3n) is 3.44. The summed E-state index contributed by atoms with van der Waals surface area (Å²) in [6.07, 6.45) is 1.02. The van der Waals surface area contributed by atoms with Crippen molar-refractivity contribution in [2.75, 3.05) is 32.0 Å². The number of nitrogens with zero attached hydrogens (tertiary/aromatic N) is 1. The molecular formula is C14H21N3O. The normalized spacial score (nSPS) is 20.7. The zero-order valence-corrected chi connectivity index (χ0v) is 11.1. The molecule has 1 heterocycles. The predicted octanol–water partition coefficient (Wildman–Crippen LogP) is 1.09. The molecule has 1 amide bonds. The Morgan fingerprint density at radius 3 is 2.78 bits per heavy atom. The monoisotopic (exact) mass is 247 g/mol. The lowest BCUT2D eigenvalue weighted by molar-refractivity contribution is -0.121. The largest absolute Gasteiger partial charge is 0.325 e. The van der Waals surface area contributed by atoms with Gasteiger partial charge < -0.3 is 10.6 Å². The summed E-state index contributed by atoms with van der Waals surface area (Å²) in [5.74, 6) is 0.0638. The van der Waals surface area contributed by atoms with Gasteiger partial charge in [-0.3, -0.25) is 9.69 Å². The van der Waals surface area contributed by atoms with E-state index in [0.717, 1.165) is 31.7 Å². The molecule has 0 saturated carbocycles. The third-order valence-corrected chi connectivity index (χ3v) is 3.44. The molecule has 0 aliphatic carbocycles. The lowest BCUT2D eigenvalue weighted by Gasteiger charge is -2.31. The van der Waals surface area contributed by atoms with E-state index in [0.29, 0.717) is 0 Å². The highest BCUT2D eigenvalue weighted by molar-refractivity contribution is 5.95. The molecule has 1 unspecified atom stereocenters. The number of nitrogens with one attached hydrogen (secondary N) is 2. The Hall–Kier alpha value is -1.39. The van der Waals surface area contributed by atoms with Crippen LogP contribution in [0.25, 0.3) is 0 Å². The number of hydrogen-bond acceptors (Lipinski definition) is 3. The van der Waals surface area contributed by atoms with Crippen LogP contribution in [0.5, 0.6) is 0 Å². The van der Waals surface area contributed by atoms with Gasteiger partial charge in [0.25, 0.3) is 0 Å². The van der Waals surface area contributed by atoms with Crippen molar-refractivity contribution in [1.29, 1.82) is 0 Å². The molecule has 1 saturated heterocycles. The minimum absolute atomic E-state index is 0.0638. The van der Waals surface area contributed by atoms with E-state index in [9.17, 15) is 4.79 Å². The number of likely N-dealkylation sites (N-methyl/N-ethyl adjacent to an activating group) is 1. The first-order valence-corrected chi connectivity index (χ1v) is 6.51. The average molecular weight is 247 g/mol. The summed E-state index contributed by atoms with van der Waals surface area (Å²) in [5.41, 5.74) is 2.15. The summed E-state index contributed by atoms with van der Waals surface area (Å²) in [5, 5.41) is 6.22. The summed E-state index contributed by atoms with van der Waals surface area (Å²) in [4.78, 5) is 14.2. The maximum atomic E-state index is 12.1. The van der Waals surface area contributed by atoms with Crippen LogP contribution in [0.2, 0.25) is 0 Å². The Morgan fingerprint density at radius 1 is 1.44 bits per heavy atom. The zero-order valence-electron chi connectivity index (χ0n) is 11.1. The predicted molar refractivity (Wildman–Crippen MR) is 73.7 cm³/mol. The fourth-order valence-electron chi connectivity index (χ4n) is 2.15. The summed E-state index contributed by atoms with van der Waals surface area (Å²) in [6.45, 7) is 4.70. The summed E-state index contributed by atoms with van der Waals surface area (Å²) >= 11 is 0. The van der Waals surface area contributed by atoms with Crippen LogP contribution in [0.4, 0.5) is 5.69 Å². The molecule has 1 atom stereocenters. The molecule has 2 N–H and O–H groups in total. The summed E-state index contributed by atoms with van der Waals surface area (Å²) in [7, 11) is 1.99. The number of carbonyl (C=O) groups is 1. The van der Waals surface area contributed by atoms with Crippen molar-refractivity contribution < 1.29 is 4.79 Å². The van der Waals surface area contributed by atoms with E-state index in [1.54, 1.807) is 0 Å². The van der Waals surface area contributed by atoms with Crippen molar-refractivity contribution in [2.24, 2.45) is 0 Å². The zero-order chi connectivity index (χ0) is 13.0. The van der Waals surface area contributed by atoms with Crippen molar-refractivity contribution in [3.8, 4) is 0 Å². The molecular weight excluding hydrogens is 226 g/mol. The molecule has 4 nitrogen and oxygen atoms in total. The fraction of sp³-hybridized carbons (Fsp3) is 0.500. The number of benzene rings is 1. The second kappa shape index (κ2) is 5.98. The van der Waals surface area contributed by atoms with Crippen LogP contribution in [0, 0.1) is 0 Å². The Bertz CT molecular complexity index is 402. The van der Waals surface area contributed by atoms with Gasteiger partial charge in [0.05, 0.1) is 0 Å². The van der Waals surface area contributed by atoms with Gasteiger partial charge in [-0.05, 0) is 31.2 Å². The number of amides is 1. The third kappa shape index (κ3) is 3.09. The standard InChI is InChI=1S/C14H21N3O/c1-3-11-4-6-12(7-5-11)16-14(18)13-10-15-8-9-17(13)2/h4-7,13,15H,3,8-10H2,1-2H3,(H,16,18). The number of aryl methyl sites for hydroxylation is 1. The highest BCUT2D eigenvalue weighted by Crippen LogP contribution is 2.11. The Morgan fingerprint density at radius 2 is 2.17 bits per heavy atom. The first-order chi connectivity index (χ1) is 8.70. The van der Waals surface area contributed by atoms with Gasteiger partial charge in [0.2, 0.25) is 5.91 Å². The van der Waals surface area contributed by atoms with E-state index >= 15 is 0 Å². The van der Waals surface area contributed by atoms with Gasteiger partial charge in [-0.1, -0.05) is 19.1 Å². The van der Waals surface area contributed by atoms with E-state index in [2.05, 4.69) is 34.6 Å². The second-order valence-electron chi connectivity index (χ2n) is 4.74. The Kier molecular flexibility index (Phi) is 4.33. The van der Waals surface area contributed by atoms with Crippen LogP contribution in [-0.4, -0.2) is 43.5 Å². The smallest absolute Gasteiger partial charge is 0.243 e. The van der Waals surface area contributed by atoms with Crippen molar-refractivity contribution >= 4 is 11.6 Å². The molecule has 1 aromatic carbocycles. The van der Waals surface area contributed by atoms with Gasteiger partial charge in [-0.15, -0.1) is 0 Å². The molecule has 0 radical (unpaired) electrons. The van der Waals surface area contributed by atoms with Crippen molar-refractivity contribution in [2.45, 2.75) is 19.4 Å². The van der Waals surface area contributed by atoms with Gasteiger partial charge in [0.1, 0.15) is 6.04 Å². The van der Waals surface area contributed by atoms with Gasteiger partial charge >= 0.3 is 0 Å². The van der Waals surface area contributed by atoms with E-state index in [-0.39, 0.29) is 11.9 Å². The minimum Gasteiger partial charge on any atom is -0.325 e. The average Bonchev–Trinajstić information content (AvgIpc) is 2.40. The maximum absolute atomic E-state index is 12.1. The molecule has 1 aromatic rings. The van der Waals surface area contributed by atoms with Crippen LogP contribution in [-0.2, 0) is 11.2 Å². The number of rotatable bonds is 3. The topological polar surface area (TPSA) is 44.4 Å². The molecule has 1 aliphatic rings. The van der Waals surface area contributed by atoms with Crippen molar-refractivity contribution in [3.63, 3.8) is 0 Å². The Labute approximate surface area is 108 Å². The van der Waals surface area contributed by atoms with Gasteiger partial charge in [-0.25, -0.2) is 0 Å². The highest BCUT2D eigenvalue weighted by atomic mass is 16.2. The quantitative estimate of drug-likeness (QED) is 0.840. The number of hydrogen-bond donors (Lipinski definition) is 2. The van der Waals surface area contributed by atoms with Crippen LogP contribution in [0.15, 0.2) is 24.3 Å². The van der Waals surface area contributed by atoms with Gasteiger partial charge in [0.15, 0.2) is 0 Å². The van der Waals surface area contributed by atoms with Crippen LogP contribution in [0.1, 0.15) is 12.5 Å². The van der Waals surface area contributed by atoms with Crippen LogP contribution < -0.4 is 10.6 Å². The van der Waals surface area contributed by atoms with Crippen molar-refractivity contribution in [1.82, 2.24) is 10.2 Å². The lowest BCUT2D eigenvalue weighted by atomic mass is 10.1. The SMILES string of the molecule is CCc1ccc(NC(=O)C2CNCCN2C)cc1. The first-order valence-electron chi connectivity index (χ1n) is 6.51. The molecule has 0 bridgehead atoms. The van der Waals surface area contributed by atoms with Crippen molar-refractivity contribution in [3.05, 3.63) is 29.8 Å². The molecule has 1 fully saturated rings. The highest BCUT2D eigenvalue weighted by Gasteiger charge is 2.25. The first kappa shape index (κ1) is 13.1. The van der Waals surface area contributed by atoms with E-state index < -0.39 is 0 Å². The molecule has 0 spiro atoms. The number of carbonyl (C=O) groups excluding carboxylic acids is 1. The summed E-state index contributed by atoms with van der Waals surface area (Å²) in [6, 6.07) is 7.96. The molecule has 18 heavy (non-hydrogen) atoms. The fourth-order valence-corrected chi connectivity index (χ4v) is 2.15. The van der Waals surface area contributed by atoms with Crippen LogP contribution >= 0.6 is 0 Å². The van der Waals surface area contributed by atoms with E-state index in [1.165, 1.54) is 5.56 Å². The number of anilines is 1. The second-order valence-corrected chi connectivity index (χ2v) is 4.74. The molecule has 0 aromatic heterocycles. The molecule has 1 aliphatic heterocycles. The molecule has 4 heteroatoms. The molecule has 2 rings (SSSR count). The lowest BCUT2D eigenvalue weighted by Crippen LogP contribution is -2.54. The molecule has 98 valence electrons. The summed E-state index contributed by atoms with van der Waals surface area (Å²) < 4.78 is 0. The van der Waals surface area contributed by atoms with Gasteiger partial charge in [-0.2, -0.15) is 0 Å². The van der Waals surface area contributed by atoms with E-state index in [1.807, 2.05) is 19.2 Å². The van der Waals surface area contributed by atoms with E-state index in [4.69, 9.17) is 0 Å². The minimum atomic E-state index is -0.0791. The number of piperazine rings is 1. The van der Waals surface area contributed by atoms with Gasteiger partial charge in [0, 0.05) is 25.3 Å². The maximum Gasteiger partial charge on any atom is 0.243 e. The Balaban J connectivity index is 1.97.